The first-order chi connectivity index (χ1) is 9.28. The van der Waals surface area contributed by atoms with E-state index < -0.39 is 0 Å². The molecule has 0 saturated heterocycles. The molecule has 0 amide bonds. The van der Waals surface area contributed by atoms with Gasteiger partial charge in [-0.05, 0) is 42.8 Å². The lowest BCUT2D eigenvalue weighted by atomic mass is 10.2. The van der Waals surface area contributed by atoms with Gasteiger partial charge in [0.1, 0.15) is 12.4 Å². The maximum absolute atomic E-state index is 5.72. The number of aromatic nitrogens is 1. The van der Waals surface area contributed by atoms with Crippen molar-refractivity contribution in [2.45, 2.75) is 27.0 Å². The molecule has 3 heteroatoms. The van der Waals surface area contributed by atoms with Crippen LogP contribution in [0.5, 0.6) is 5.75 Å². The molecule has 2 rings (SSSR count). The Bertz CT molecular complexity index is 508. The van der Waals surface area contributed by atoms with Gasteiger partial charge >= 0.3 is 0 Å². The van der Waals surface area contributed by atoms with Crippen molar-refractivity contribution in [3.63, 3.8) is 0 Å². The zero-order valence-corrected chi connectivity index (χ0v) is 11.5. The van der Waals surface area contributed by atoms with Gasteiger partial charge in [-0.2, -0.15) is 0 Å². The third-order valence-corrected chi connectivity index (χ3v) is 2.84. The highest BCUT2D eigenvalue weighted by molar-refractivity contribution is 5.27. The van der Waals surface area contributed by atoms with Crippen LogP contribution in [-0.4, -0.2) is 11.5 Å². The summed E-state index contributed by atoms with van der Waals surface area (Å²) in [4.78, 5) is 4.40. The number of ether oxygens (including phenoxy) is 1. The van der Waals surface area contributed by atoms with Crippen LogP contribution in [0.25, 0.3) is 0 Å². The Kier molecular flexibility index (Phi) is 4.93. The molecule has 100 valence electrons. The van der Waals surface area contributed by atoms with Crippen molar-refractivity contribution in [3.05, 3.63) is 59.4 Å². The average Bonchev–Trinajstić information content (AvgIpc) is 2.44. The van der Waals surface area contributed by atoms with Crippen molar-refractivity contribution in [1.82, 2.24) is 10.3 Å². The Balaban J connectivity index is 1.89. The van der Waals surface area contributed by atoms with Crippen LogP contribution >= 0.6 is 0 Å². The van der Waals surface area contributed by atoms with Crippen molar-refractivity contribution in [2.24, 2.45) is 0 Å². The molecule has 1 aromatic carbocycles. The van der Waals surface area contributed by atoms with E-state index in [0.717, 1.165) is 24.5 Å². The molecule has 0 spiro atoms. The molecule has 0 aliphatic carbocycles. The number of hydrogen-bond acceptors (Lipinski definition) is 3. The van der Waals surface area contributed by atoms with Crippen LogP contribution in [0.2, 0.25) is 0 Å². The SMILES string of the molecule is CCNCc1ccc(COc2cccc(C)c2)nc1. The molecule has 3 nitrogen and oxygen atoms in total. The normalized spacial score (nSPS) is 10.4. The fourth-order valence-corrected chi connectivity index (χ4v) is 1.78. The minimum absolute atomic E-state index is 0.505. The first kappa shape index (κ1) is 13.6. The predicted molar refractivity (Wildman–Crippen MR) is 77.1 cm³/mol. The fraction of sp³-hybridized carbons (Fsp3) is 0.312. The smallest absolute Gasteiger partial charge is 0.130 e. The number of nitrogens with one attached hydrogen (secondary N) is 1. The van der Waals surface area contributed by atoms with Gasteiger partial charge in [-0.1, -0.05) is 25.1 Å². The van der Waals surface area contributed by atoms with Crippen LogP contribution in [0.3, 0.4) is 0 Å². The summed E-state index contributed by atoms with van der Waals surface area (Å²) in [7, 11) is 0. The van der Waals surface area contributed by atoms with Crippen LogP contribution in [-0.2, 0) is 13.2 Å². The lowest BCUT2D eigenvalue weighted by Crippen LogP contribution is -2.12. The summed E-state index contributed by atoms with van der Waals surface area (Å²) in [5, 5.41) is 3.28. The molecule has 1 N–H and O–H groups in total. The number of nitrogens with zero attached hydrogens (tertiary/aromatic N) is 1. The minimum atomic E-state index is 0.505. The van der Waals surface area contributed by atoms with E-state index >= 15 is 0 Å². The fourth-order valence-electron chi connectivity index (χ4n) is 1.78. The third kappa shape index (κ3) is 4.38. The maximum Gasteiger partial charge on any atom is 0.130 e. The summed E-state index contributed by atoms with van der Waals surface area (Å²) < 4.78 is 5.72. The van der Waals surface area contributed by atoms with Crippen LogP contribution in [0.4, 0.5) is 0 Å². The van der Waals surface area contributed by atoms with Crippen molar-refractivity contribution in [3.8, 4) is 5.75 Å². The van der Waals surface area contributed by atoms with Crippen LogP contribution in [0.1, 0.15) is 23.7 Å². The Morgan fingerprint density at radius 3 is 2.79 bits per heavy atom. The van der Waals surface area contributed by atoms with E-state index in [-0.39, 0.29) is 0 Å². The predicted octanol–water partition coefficient (Wildman–Crippen LogP) is 3.08. The molecule has 19 heavy (non-hydrogen) atoms. The molecular weight excluding hydrogens is 236 g/mol. The first-order valence-electron chi connectivity index (χ1n) is 6.62. The lowest BCUT2D eigenvalue weighted by molar-refractivity contribution is 0.301. The third-order valence-electron chi connectivity index (χ3n) is 2.84. The van der Waals surface area contributed by atoms with E-state index in [1.54, 1.807) is 0 Å². The van der Waals surface area contributed by atoms with Gasteiger partial charge in [0, 0.05) is 12.7 Å². The van der Waals surface area contributed by atoms with E-state index in [4.69, 9.17) is 4.74 Å². The molecule has 0 atom stereocenters. The molecule has 0 aliphatic rings. The van der Waals surface area contributed by atoms with E-state index in [2.05, 4.69) is 36.3 Å². The second-order valence-corrected chi connectivity index (χ2v) is 4.54. The van der Waals surface area contributed by atoms with E-state index in [1.165, 1.54) is 11.1 Å². The molecule has 2 aromatic rings. The second-order valence-electron chi connectivity index (χ2n) is 4.54. The maximum atomic E-state index is 5.72. The van der Waals surface area contributed by atoms with E-state index in [1.807, 2.05) is 30.5 Å². The minimum Gasteiger partial charge on any atom is -0.487 e. The van der Waals surface area contributed by atoms with Gasteiger partial charge in [0.05, 0.1) is 5.69 Å². The van der Waals surface area contributed by atoms with Gasteiger partial charge in [-0.15, -0.1) is 0 Å². The number of benzene rings is 1. The quantitative estimate of drug-likeness (QED) is 0.862. The monoisotopic (exact) mass is 256 g/mol. The second kappa shape index (κ2) is 6.90. The van der Waals surface area contributed by atoms with Crippen LogP contribution < -0.4 is 10.1 Å². The summed E-state index contributed by atoms with van der Waals surface area (Å²) >= 11 is 0. The van der Waals surface area contributed by atoms with E-state index in [0.29, 0.717) is 6.61 Å². The molecule has 1 aromatic heterocycles. The summed E-state index contributed by atoms with van der Waals surface area (Å²) in [6, 6.07) is 12.2. The molecular formula is C16H20N2O. The van der Waals surface area contributed by atoms with Gasteiger partial charge in [-0.25, -0.2) is 0 Å². The number of rotatable bonds is 6. The van der Waals surface area contributed by atoms with Gasteiger partial charge in [0.15, 0.2) is 0 Å². The van der Waals surface area contributed by atoms with Crippen molar-refractivity contribution in [2.75, 3.05) is 6.54 Å². The Labute approximate surface area is 114 Å². The Hall–Kier alpha value is -1.87. The first-order valence-corrected chi connectivity index (χ1v) is 6.62. The topological polar surface area (TPSA) is 34.1 Å². The molecule has 0 radical (unpaired) electrons. The standard InChI is InChI=1S/C16H20N2O/c1-3-17-10-14-7-8-15(18-11-14)12-19-16-6-4-5-13(2)9-16/h4-9,11,17H,3,10,12H2,1-2H3. The molecule has 0 aliphatic heterocycles. The van der Waals surface area contributed by atoms with Crippen LogP contribution in [0.15, 0.2) is 42.6 Å². The van der Waals surface area contributed by atoms with Gasteiger partial charge in [0.25, 0.3) is 0 Å². The molecule has 0 bridgehead atoms. The molecule has 0 unspecified atom stereocenters. The highest BCUT2D eigenvalue weighted by Gasteiger charge is 1.98. The molecule has 0 fully saturated rings. The van der Waals surface area contributed by atoms with Crippen LogP contribution in [0, 0.1) is 6.92 Å². The number of aryl methyl sites for hydroxylation is 1. The molecule has 0 saturated carbocycles. The lowest BCUT2D eigenvalue weighted by Gasteiger charge is -2.07. The van der Waals surface area contributed by atoms with Gasteiger partial charge < -0.3 is 10.1 Å². The number of pyridine rings is 1. The zero-order chi connectivity index (χ0) is 13.5. The van der Waals surface area contributed by atoms with Crippen molar-refractivity contribution >= 4 is 0 Å². The zero-order valence-electron chi connectivity index (χ0n) is 11.5. The highest BCUT2D eigenvalue weighted by Crippen LogP contribution is 2.14. The Morgan fingerprint density at radius 1 is 1.21 bits per heavy atom. The summed E-state index contributed by atoms with van der Waals surface area (Å²) in [5.41, 5.74) is 3.34. The summed E-state index contributed by atoms with van der Waals surface area (Å²) in [6.07, 6.45) is 1.90. The van der Waals surface area contributed by atoms with Gasteiger partial charge in [-0.3, -0.25) is 4.98 Å². The average molecular weight is 256 g/mol. The number of hydrogen-bond donors (Lipinski definition) is 1. The van der Waals surface area contributed by atoms with Crippen molar-refractivity contribution in [1.29, 1.82) is 0 Å². The van der Waals surface area contributed by atoms with E-state index in [9.17, 15) is 0 Å². The highest BCUT2D eigenvalue weighted by atomic mass is 16.5. The summed E-state index contributed by atoms with van der Waals surface area (Å²) in [5.74, 6) is 0.888. The molecule has 1 heterocycles. The Morgan fingerprint density at radius 2 is 2.11 bits per heavy atom. The van der Waals surface area contributed by atoms with Gasteiger partial charge in [0.2, 0.25) is 0 Å². The largest absolute Gasteiger partial charge is 0.487 e. The van der Waals surface area contributed by atoms with Crippen molar-refractivity contribution < 1.29 is 4.74 Å². The summed E-state index contributed by atoms with van der Waals surface area (Å²) in [6.45, 7) is 6.49.